The second kappa shape index (κ2) is 4.20. The maximum absolute atomic E-state index is 10.7. The van der Waals surface area contributed by atoms with Gasteiger partial charge < -0.3 is 24.2 Å². The van der Waals surface area contributed by atoms with Gasteiger partial charge in [-0.15, -0.1) is 0 Å². The molecule has 0 spiro atoms. The summed E-state index contributed by atoms with van der Waals surface area (Å²) in [5.41, 5.74) is 0.0635. The number of benzene rings is 1. The van der Waals surface area contributed by atoms with E-state index >= 15 is 0 Å². The summed E-state index contributed by atoms with van der Waals surface area (Å²) in [6.45, 7) is 0.825. The van der Waals surface area contributed by atoms with Crippen molar-refractivity contribution >= 4 is 5.97 Å². The molecule has 2 aromatic rings. The molecule has 2 heterocycles. The number of aromatic hydroxyl groups is 1. The fourth-order valence-electron chi connectivity index (χ4n) is 1.78. The first-order chi connectivity index (χ1) is 9.15. The Morgan fingerprint density at radius 3 is 2.47 bits per heavy atom. The topological polar surface area (TPSA) is 102 Å². The third kappa shape index (κ3) is 1.95. The van der Waals surface area contributed by atoms with Crippen LogP contribution in [0.1, 0.15) is 10.5 Å². The van der Waals surface area contributed by atoms with Gasteiger partial charge in [-0.3, -0.25) is 0 Å². The first-order valence-corrected chi connectivity index (χ1v) is 5.48. The zero-order valence-electron chi connectivity index (χ0n) is 9.62. The molecule has 0 bridgehead atoms. The highest BCUT2D eigenvalue weighted by Crippen LogP contribution is 2.40. The molecule has 7 heteroatoms. The quantitative estimate of drug-likeness (QED) is 0.846. The maximum atomic E-state index is 10.7. The number of phenolic OH excluding ortho intramolecular Hbond substituents is 1. The number of carboxylic acids is 1. The second-order valence-electron chi connectivity index (χ2n) is 3.89. The van der Waals surface area contributed by atoms with Crippen molar-refractivity contribution in [3.63, 3.8) is 0 Å². The van der Waals surface area contributed by atoms with E-state index in [0.717, 1.165) is 0 Å². The predicted molar refractivity (Wildman–Crippen MR) is 61.6 cm³/mol. The fraction of sp³-hybridized carbons (Fsp3) is 0.167. The molecule has 19 heavy (non-hydrogen) atoms. The standard InChI is InChI=1S/C12H9NO6/c14-8-5-11-10(17-1-2-18-11)3-6(8)9-4-7(12(15)16)13-19-9/h3-5,14H,1-2H2,(H,15,16). The van der Waals surface area contributed by atoms with Crippen LogP contribution in [-0.2, 0) is 0 Å². The lowest BCUT2D eigenvalue weighted by Crippen LogP contribution is -2.15. The number of carboxylic acid groups (broad SMARTS) is 1. The van der Waals surface area contributed by atoms with Crippen LogP contribution in [0.5, 0.6) is 17.2 Å². The fourth-order valence-corrected chi connectivity index (χ4v) is 1.78. The van der Waals surface area contributed by atoms with Gasteiger partial charge in [0.15, 0.2) is 23.0 Å². The molecule has 0 radical (unpaired) electrons. The average molecular weight is 263 g/mol. The molecule has 0 fully saturated rings. The number of aromatic carboxylic acids is 1. The molecule has 0 atom stereocenters. The Hall–Kier alpha value is -2.70. The Balaban J connectivity index is 2.06. The molecule has 0 saturated heterocycles. The van der Waals surface area contributed by atoms with E-state index in [-0.39, 0.29) is 17.2 Å². The third-order valence-corrected chi connectivity index (χ3v) is 2.66. The van der Waals surface area contributed by atoms with Crippen LogP contribution in [0.3, 0.4) is 0 Å². The molecule has 1 aliphatic heterocycles. The molecule has 1 aromatic carbocycles. The Morgan fingerprint density at radius 2 is 1.84 bits per heavy atom. The Bertz CT molecular complexity index is 648. The van der Waals surface area contributed by atoms with Crippen LogP contribution in [0.2, 0.25) is 0 Å². The van der Waals surface area contributed by atoms with Crippen molar-refractivity contribution in [3.05, 3.63) is 23.9 Å². The molecule has 1 aromatic heterocycles. The summed E-state index contributed by atoms with van der Waals surface area (Å²) < 4.78 is 15.6. The lowest BCUT2D eigenvalue weighted by Gasteiger charge is -2.19. The Kier molecular flexibility index (Phi) is 2.52. The van der Waals surface area contributed by atoms with Gasteiger partial charge in [0.2, 0.25) is 0 Å². The number of carbonyl (C=O) groups is 1. The molecular formula is C12H9NO6. The van der Waals surface area contributed by atoms with Crippen molar-refractivity contribution in [2.24, 2.45) is 0 Å². The van der Waals surface area contributed by atoms with Gasteiger partial charge in [-0.1, -0.05) is 5.16 Å². The minimum Gasteiger partial charge on any atom is -0.507 e. The highest BCUT2D eigenvalue weighted by atomic mass is 16.6. The van der Waals surface area contributed by atoms with Crippen LogP contribution in [-0.4, -0.2) is 34.6 Å². The minimum absolute atomic E-state index is 0.0997. The largest absolute Gasteiger partial charge is 0.507 e. The normalized spacial score (nSPS) is 13.3. The number of aromatic nitrogens is 1. The average Bonchev–Trinajstić information content (AvgIpc) is 2.87. The Morgan fingerprint density at radius 1 is 1.16 bits per heavy atom. The molecule has 3 rings (SSSR count). The second-order valence-corrected chi connectivity index (χ2v) is 3.89. The first-order valence-electron chi connectivity index (χ1n) is 5.48. The van der Waals surface area contributed by atoms with Gasteiger partial charge in [-0.2, -0.15) is 0 Å². The van der Waals surface area contributed by atoms with Gasteiger partial charge in [0, 0.05) is 12.1 Å². The minimum atomic E-state index is -1.20. The summed E-state index contributed by atoms with van der Waals surface area (Å²) in [7, 11) is 0. The van der Waals surface area contributed by atoms with Crippen molar-refractivity contribution in [1.82, 2.24) is 5.16 Å². The number of hydrogen-bond donors (Lipinski definition) is 2. The summed E-state index contributed by atoms with van der Waals surface area (Å²) in [5, 5.41) is 22.1. The van der Waals surface area contributed by atoms with Gasteiger partial charge >= 0.3 is 5.97 Å². The zero-order valence-corrected chi connectivity index (χ0v) is 9.62. The molecule has 0 amide bonds. The number of rotatable bonds is 2. The lowest BCUT2D eigenvalue weighted by atomic mass is 10.1. The van der Waals surface area contributed by atoms with Crippen LogP contribution in [0, 0.1) is 0 Å². The van der Waals surface area contributed by atoms with Crippen molar-refractivity contribution in [1.29, 1.82) is 0 Å². The molecule has 0 saturated carbocycles. The number of hydrogen-bond acceptors (Lipinski definition) is 6. The van der Waals surface area contributed by atoms with E-state index in [2.05, 4.69) is 5.16 Å². The lowest BCUT2D eigenvalue weighted by molar-refractivity contribution is 0.0686. The number of ether oxygens (including phenoxy) is 2. The van der Waals surface area contributed by atoms with Crippen molar-refractivity contribution in [3.8, 4) is 28.6 Å². The zero-order chi connectivity index (χ0) is 13.4. The van der Waals surface area contributed by atoms with Gasteiger partial charge in [-0.25, -0.2) is 4.79 Å². The van der Waals surface area contributed by atoms with Crippen molar-refractivity contribution < 1.29 is 29.0 Å². The highest BCUT2D eigenvalue weighted by molar-refractivity contribution is 5.87. The van der Waals surface area contributed by atoms with E-state index < -0.39 is 5.97 Å². The molecule has 7 nitrogen and oxygen atoms in total. The van der Waals surface area contributed by atoms with E-state index in [9.17, 15) is 9.90 Å². The molecule has 2 N–H and O–H groups in total. The molecule has 1 aliphatic rings. The van der Waals surface area contributed by atoms with E-state index in [0.29, 0.717) is 30.3 Å². The molecule has 0 aliphatic carbocycles. The van der Waals surface area contributed by atoms with Crippen LogP contribution in [0.25, 0.3) is 11.3 Å². The van der Waals surface area contributed by atoms with Gasteiger partial charge in [0.25, 0.3) is 0 Å². The smallest absolute Gasteiger partial charge is 0.358 e. The first kappa shape index (κ1) is 11.4. The van der Waals surface area contributed by atoms with E-state index in [1.54, 1.807) is 0 Å². The summed E-state index contributed by atoms with van der Waals surface area (Å²) in [6.07, 6.45) is 0. The van der Waals surface area contributed by atoms with Crippen LogP contribution in [0.4, 0.5) is 0 Å². The van der Waals surface area contributed by atoms with Gasteiger partial charge in [0.05, 0.1) is 5.56 Å². The molecular weight excluding hydrogens is 254 g/mol. The number of fused-ring (bicyclic) bond motifs is 1. The van der Waals surface area contributed by atoms with E-state index in [1.807, 2.05) is 0 Å². The van der Waals surface area contributed by atoms with Crippen molar-refractivity contribution in [2.75, 3.05) is 13.2 Å². The summed E-state index contributed by atoms with van der Waals surface area (Å²) >= 11 is 0. The monoisotopic (exact) mass is 263 g/mol. The van der Waals surface area contributed by atoms with Gasteiger partial charge in [-0.05, 0) is 6.07 Å². The number of nitrogens with zero attached hydrogens (tertiary/aromatic N) is 1. The SMILES string of the molecule is O=C(O)c1cc(-c2cc3c(cc2O)OCCO3)on1. The third-order valence-electron chi connectivity index (χ3n) is 2.66. The van der Waals surface area contributed by atoms with Gasteiger partial charge in [0.1, 0.15) is 19.0 Å². The molecule has 98 valence electrons. The highest BCUT2D eigenvalue weighted by Gasteiger charge is 2.20. The van der Waals surface area contributed by atoms with E-state index in [1.165, 1.54) is 18.2 Å². The van der Waals surface area contributed by atoms with Crippen LogP contribution >= 0.6 is 0 Å². The molecule has 0 unspecified atom stereocenters. The van der Waals surface area contributed by atoms with Crippen molar-refractivity contribution in [2.45, 2.75) is 0 Å². The predicted octanol–water partition coefficient (Wildman–Crippen LogP) is 1.52. The van der Waals surface area contributed by atoms with Crippen LogP contribution in [0.15, 0.2) is 22.7 Å². The number of phenols is 1. The summed E-state index contributed by atoms with van der Waals surface area (Å²) in [4.78, 5) is 10.7. The summed E-state index contributed by atoms with van der Waals surface area (Å²) in [6, 6.07) is 4.15. The summed E-state index contributed by atoms with van der Waals surface area (Å²) in [5.74, 6) is -0.256. The maximum Gasteiger partial charge on any atom is 0.358 e. The van der Waals surface area contributed by atoms with Crippen LogP contribution < -0.4 is 9.47 Å². The van der Waals surface area contributed by atoms with E-state index in [4.69, 9.17) is 19.1 Å². The Labute approximate surface area is 107 Å².